The van der Waals surface area contributed by atoms with Gasteiger partial charge in [0.2, 0.25) is 0 Å². The Morgan fingerprint density at radius 3 is 2.77 bits per heavy atom. The van der Waals surface area contributed by atoms with Crippen molar-refractivity contribution in [2.24, 2.45) is 4.99 Å². The first-order valence-corrected chi connectivity index (χ1v) is 9.84. The van der Waals surface area contributed by atoms with E-state index in [2.05, 4.69) is 32.7 Å². The van der Waals surface area contributed by atoms with Crippen LogP contribution in [0.4, 0.5) is 0 Å². The first kappa shape index (κ1) is 25.7. The molecule has 0 aliphatic rings. The average Bonchev–Trinajstić information content (AvgIpc) is 3.18. The fourth-order valence-electron chi connectivity index (χ4n) is 2.55. The molecule has 0 spiro atoms. The van der Waals surface area contributed by atoms with Gasteiger partial charge in [-0.2, -0.15) is 0 Å². The molecule has 166 valence electrons. The molecular weight excluding hydrogens is 497 g/mol. The van der Waals surface area contributed by atoms with Crippen molar-refractivity contribution >= 4 is 35.8 Å². The predicted octanol–water partition coefficient (Wildman–Crippen LogP) is 1.68. The molecule has 1 aromatic heterocycles. The molecular formula is C20H32IN7O2. The number of aliphatic imine (C=N–C) groups is 1. The lowest BCUT2D eigenvalue weighted by molar-refractivity contribution is -0.130. The Labute approximate surface area is 195 Å². The summed E-state index contributed by atoms with van der Waals surface area (Å²) in [6, 6.07) is 7.63. The smallest absolute Gasteiger partial charge is 0.259 e. The first-order chi connectivity index (χ1) is 14.0. The van der Waals surface area contributed by atoms with Crippen molar-refractivity contribution in [3.63, 3.8) is 0 Å². The van der Waals surface area contributed by atoms with E-state index in [1.807, 2.05) is 35.8 Å². The number of nitrogens with one attached hydrogen (secondary N) is 2. The van der Waals surface area contributed by atoms with Crippen LogP contribution in [0.3, 0.4) is 0 Å². The van der Waals surface area contributed by atoms with Crippen molar-refractivity contribution in [1.82, 2.24) is 30.3 Å². The van der Waals surface area contributed by atoms with Crippen LogP contribution in [0.15, 0.2) is 35.6 Å². The molecule has 0 fully saturated rings. The molecule has 2 aromatic rings. The van der Waals surface area contributed by atoms with Gasteiger partial charge in [-0.3, -0.25) is 4.79 Å². The number of ether oxygens (including phenoxy) is 1. The second-order valence-corrected chi connectivity index (χ2v) is 6.64. The molecule has 9 nitrogen and oxygen atoms in total. The first-order valence-electron chi connectivity index (χ1n) is 9.84. The van der Waals surface area contributed by atoms with Gasteiger partial charge >= 0.3 is 0 Å². The van der Waals surface area contributed by atoms with Crippen molar-refractivity contribution in [2.75, 3.05) is 33.8 Å². The monoisotopic (exact) mass is 529 g/mol. The Morgan fingerprint density at radius 1 is 1.27 bits per heavy atom. The second kappa shape index (κ2) is 13.8. The summed E-state index contributed by atoms with van der Waals surface area (Å²) in [5.41, 5.74) is 1.00. The number of likely N-dealkylation sites (N-methyl/N-ethyl adjacent to an activating group) is 1. The molecule has 2 rings (SSSR count). The Hall–Kier alpha value is -2.37. The molecule has 2 N–H and O–H groups in total. The molecule has 0 atom stereocenters. The highest BCUT2D eigenvalue weighted by Gasteiger charge is 2.06. The number of carbonyl (C=O) groups excluding carboxylic acids is 1. The summed E-state index contributed by atoms with van der Waals surface area (Å²) >= 11 is 0. The maximum atomic E-state index is 11.7. The maximum absolute atomic E-state index is 11.7. The van der Waals surface area contributed by atoms with Gasteiger partial charge < -0.3 is 24.8 Å². The zero-order valence-corrected chi connectivity index (χ0v) is 20.4. The third-order valence-corrected chi connectivity index (χ3v) is 4.18. The number of carbonyl (C=O) groups is 1. The molecule has 1 amide bonds. The molecule has 10 heteroatoms. The minimum atomic E-state index is -0.0774. The lowest BCUT2D eigenvalue weighted by atomic mass is 10.2. The largest absolute Gasteiger partial charge is 0.484 e. The Bertz CT molecular complexity index is 808. The molecule has 0 aliphatic heterocycles. The molecule has 1 heterocycles. The predicted molar refractivity (Wildman–Crippen MR) is 128 cm³/mol. The van der Waals surface area contributed by atoms with Crippen LogP contribution in [0.2, 0.25) is 0 Å². The number of benzene rings is 1. The summed E-state index contributed by atoms with van der Waals surface area (Å²) < 4.78 is 7.60. The zero-order valence-electron chi connectivity index (χ0n) is 18.1. The van der Waals surface area contributed by atoms with E-state index in [0.29, 0.717) is 18.8 Å². The summed E-state index contributed by atoms with van der Waals surface area (Å²) in [5.74, 6) is 2.29. The summed E-state index contributed by atoms with van der Waals surface area (Å²) in [7, 11) is 3.41. The number of hydrogen-bond acceptors (Lipinski definition) is 5. The standard InChI is InChI=1S/C20H31N7O2.HI/c1-5-18-25-24-15-27(18)11-10-22-20(21-6-2)23-13-16-8-7-9-17(12-16)29-14-19(28)26(3)4;/h7-9,12,15H,5-6,10-11,13-14H2,1-4H3,(H2,21,22,23);1H. The van der Waals surface area contributed by atoms with E-state index in [0.717, 1.165) is 36.9 Å². The average molecular weight is 529 g/mol. The van der Waals surface area contributed by atoms with Crippen molar-refractivity contribution < 1.29 is 9.53 Å². The summed E-state index contributed by atoms with van der Waals surface area (Å²) in [4.78, 5) is 17.8. The third kappa shape index (κ3) is 8.56. The van der Waals surface area contributed by atoms with E-state index < -0.39 is 0 Å². The number of rotatable bonds is 10. The van der Waals surface area contributed by atoms with Gasteiger partial charge in [-0.1, -0.05) is 19.1 Å². The van der Waals surface area contributed by atoms with Crippen molar-refractivity contribution in [1.29, 1.82) is 0 Å². The van der Waals surface area contributed by atoms with Gasteiger partial charge in [-0.15, -0.1) is 34.2 Å². The van der Waals surface area contributed by atoms with E-state index in [1.54, 1.807) is 20.4 Å². The van der Waals surface area contributed by atoms with Crippen LogP contribution in [-0.4, -0.2) is 65.3 Å². The Morgan fingerprint density at radius 2 is 2.07 bits per heavy atom. The number of nitrogens with zero attached hydrogens (tertiary/aromatic N) is 5. The minimum Gasteiger partial charge on any atom is -0.484 e. The third-order valence-electron chi connectivity index (χ3n) is 4.18. The highest BCUT2D eigenvalue weighted by atomic mass is 127. The van der Waals surface area contributed by atoms with Crippen LogP contribution in [0.5, 0.6) is 5.75 Å². The number of aromatic nitrogens is 3. The lowest BCUT2D eigenvalue weighted by Gasteiger charge is -2.13. The topological polar surface area (TPSA) is 96.7 Å². The van der Waals surface area contributed by atoms with Gasteiger partial charge in [-0.25, -0.2) is 4.99 Å². The molecule has 1 aromatic carbocycles. The maximum Gasteiger partial charge on any atom is 0.259 e. The summed E-state index contributed by atoms with van der Waals surface area (Å²) in [6.07, 6.45) is 2.60. The zero-order chi connectivity index (χ0) is 21.1. The van der Waals surface area contributed by atoms with Crippen LogP contribution in [0.25, 0.3) is 0 Å². The van der Waals surface area contributed by atoms with Gasteiger partial charge in [0.15, 0.2) is 12.6 Å². The van der Waals surface area contributed by atoms with E-state index >= 15 is 0 Å². The quantitative estimate of drug-likeness (QED) is 0.276. The summed E-state index contributed by atoms with van der Waals surface area (Å²) in [6.45, 7) is 6.87. The fraction of sp³-hybridized carbons (Fsp3) is 0.500. The number of amides is 1. The van der Waals surface area contributed by atoms with Gasteiger partial charge in [-0.05, 0) is 24.6 Å². The van der Waals surface area contributed by atoms with Crippen LogP contribution in [0.1, 0.15) is 25.2 Å². The van der Waals surface area contributed by atoms with E-state index in [9.17, 15) is 4.79 Å². The van der Waals surface area contributed by atoms with E-state index in [4.69, 9.17) is 4.74 Å². The van der Waals surface area contributed by atoms with Crippen molar-refractivity contribution in [2.45, 2.75) is 33.4 Å². The Kier molecular flexibility index (Phi) is 11.8. The highest BCUT2D eigenvalue weighted by molar-refractivity contribution is 14.0. The lowest BCUT2D eigenvalue weighted by Crippen LogP contribution is -2.38. The van der Waals surface area contributed by atoms with Gasteiger partial charge in [0.1, 0.15) is 17.9 Å². The van der Waals surface area contributed by atoms with Crippen molar-refractivity contribution in [3.05, 3.63) is 42.0 Å². The summed E-state index contributed by atoms with van der Waals surface area (Å²) in [5, 5.41) is 14.6. The number of hydrogen-bond donors (Lipinski definition) is 2. The van der Waals surface area contributed by atoms with Gasteiger partial charge in [0, 0.05) is 40.2 Å². The van der Waals surface area contributed by atoms with E-state index in [1.165, 1.54) is 4.90 Å². The van der Waals surface area contributed by atoms with Crippen LogP contribution >= 0.6 is 24.0 Å². The number of guanidine groups is 1. The fourth-order valence-corrected chi connectivity index (χ4v) is 2.55. The Balaban J connectivity index is 0.00000450. The van der Waals surface area contributed by atoms with Crippen LogP contribution in [-0.2, 0) is 24.3 Å². The molecule has 0 saturated heterocycles. The van der Waals surface area contributed by atoms with Crippen LogP contribution in [0, 0.1) is 0 Å². The molecule has 0 bridgehead atoms. The molecule has 0 radical (unpaired) electrons. The minimum absolute atomic E-state index is 0. The second-order valence-electron chi connectivity index (χ2n) is 6.64. The van der Waals surface area contributed by atoms with E-state index in [-0.39, 0.29) is 36.5 Å². The van der Waals surface area contributed by atoms with Gasteiger partial charge in [0.05, 0.1) is 6.54 Å². The van der Waals surface area contributed by atoms with Crippen molar-refractivity contribution in [3.8, 4) is 5.75 Å². The normalized spacial score (nSPS) is 10.9. The number of aryl methyl sites for hydroxylation is 1. The number of halogens is 1. The molecule has 0 saturated carbocycles. The van der Waals surface area contributed by atoms with Crippen LogP contribution < -0.4 is 15.4 Å². The SMILES string of the molecule is CCNC(=NCc1cccc(OCC(=O)N(C)C)c1)NCCn1cnnc1CC.I. The molecule has 30 heavy (non-hydrogen) atoms. The van der Waals surface area contributed by atoms with Gasteiger partial charge in [0.25, 0.3) is 5.91 Å². The molecule has 0 unspecified atom stereocenters. The molecule has 0 aliphatic carbocycles. The highest BCUT2D eigenvalue weighted by Crippen LogP contribution is 2.14.